The van der Waals surface area contributed by atoms with Crippen LogP contribution in [0.1, 0.15) is 50.1 Å². The highest BCUT2D eigenvalue weighted by molar-refractivity contribution is 6.02. The molecule has 149 valence electrons. The molecule has 1 radical (unpaired) electrons. The zero-order chi connectivity index (χ0) is 21.4. The average molecular weight is 389 g/mol. The highest BCUT2D eigenvalue weighted by atomic mass is 16.6. The lowest BCUT2D eigenvalue weighted by Gasteiger charge is -2.27. The predicted octanol–water partition coefficient (Wildman–Crippen LogP) is 3.51. The van der Waals surface area contributed by atoms with E-state index in [0.29, 0.717) is 17.0 Å². The van der Waals surface area contributed by atoms with E-state index in [1.807, 2.05) is 37.3 Å². The fourth-order valence-electron chi connectivity index (χ4n) is 3.36. The monoisotopic (exact) mass is 389 g/mol. The van der Waals surface area contributed by atoms with Gasteiger partial charge >= 0.3 is 0 Å². The third kappa shape index (κ3) is 3.88. The van der Waals surface area contributed by atoms with Gasteiger partial charge in [-0.2, -0.15) is 4.74 Å². The normalized spacial score (nSPS) is 18.1. The Morgan fingerprint density at radius 3 is 2.34 bits per heavy atom. The first kappa shape index (κ1) is 20.6. The molecule has 2 heterocycles. The molecule has 2 N–H and O–H groups in total. The molecule has 6 nitrogen and oxygen atoms in total. The maximum atomic E-state index is 12.6. The molecular formula is C23H25N4O2. The van der Waals surface area contributed by atoms with Gasteiger partial charge in [-0.15, -0.1) is 5.21 Å². The largest absolute Gasteiger partial charge is 0.622 e. The minimum absolute atomic E-state index is 0.434. The molecule has 0 saturated heterocycles. The van der Waals surface area contributed by atoms with Crippen molar-refractivity contribution in [1.82, 2.24) is 10.0 Å². The van der Waals surface area contributed by atoms with Gasteiger partial charge in [0.2, 0.25) is 11.4 Å². The molecule has 0 saturated carbocycles. The van der Waals surface area contributed by atoms with E-state index < -0.39 is 11.2 Å². The molecule has 0 fully saturated rings. The van der Waals surface area contributed by atoms with Gasteiger partial charge < -0.3 is 10.9 Å². The molecule has 1 aromatic carbocycles. The standard InChI is InChI=1S/C23H25N4O2/c1-16-14-20(24)19(15-25-16)12-10-17-6-8-18(9-7-17)11-13-21-22(2,3)27(29)23(4,5)26(21)28/h6-9,11,13-15H,1-5H3,(H2,24,25)/b13-11+. The fraction of sp³-hybridized carbons (Fsp3) is 0.304. The van der Waals surface area contributed by atoms with E-state index in [9.17, 15) is 10.4 Å². The quantitative estimate of drug-likeness (QED) is 0.484. The number of aryl methyl sites for hydroxylation is 1. The van der Waals surface area contributed by atoms with Crippen molar-refractivity contribution in [3.63, 3.8) is 0 Å². The van der Waals surface area contributed by atoms with E-state index in [1.54, 1.807) is 46.0 Å². The average Bonchev–Trinajstić information content (AvgIpc) is 2.78. The van der Waals surface area contributed by atoms with E-state index in [-0.39, 0.29) is 0 Å². The van der Waals surface area contributed by atoms with Crippen LogP contribution in [-0.4, -0.2) is 31.7 Å². The van der Waals surface area contributed by atoms with Crippen molar-refractivity contribution in [1.29, 1.82) is 0 Å². The Bertz CT molecular complexity index is 1050. The highest BCUT2D eigenvalue weighted by Crippen LogP contribution is 2.33. The van der Waals surface area contributed by atoms with Gasteiger partial charge in [-0.3, -0.25) is 4.98 Å². The molecule has 0 aliphatic carbocycles. The van der Waals surface area contributed by atoms with Crippen LogP contribution in [0.5, 0.6) is 0 Å². The summed E-state index contributed by atoms with van der Waals surface area (Å²) >= 11 is 0. The molecule has 0 unspecified atom stereocenters. The van der Waals surface area contributed by atoms with Crippen LogP contribution in [0.25, 0.3) is 6.08 Å². The van der Waals surface area contributed by atoms with E-state index >= 15 is 0 Å². The molecule has 1 aliphatic rings. The van der Waals surface area contributed by atoms with Crippen molar-refractivity contribution in [3.8, 4) is 11.8 Å². The number of aromatic nitrogens is 1. The number of hydrogen-bond donors (Lipinski definition) is 1. The first-order chi connectivity index (χ1) is 13.5. The van der Waals surface area contributed by atoms with E-state index in [0.717, 1.165) is 26.6 Å². The lowest BCUT2D eigenvalue weighted by molar-refractivity contribution is -0.586. The molecule has 2 aromatic rings. The van der Waals surface area contributed by atoms with Crippen molar-refractivity contribution in [2.24, 2.45) is 0 Å². The summed E-state index contributed by atoms with van der Waals surface area (Å²) < 4.78 is 0.788. The first-order valence-corrected chi connectivity index (χ1v) is 9.38. The molecule has 1 aromatic heterocycles. The molecule has 29 heavy (non-hydrogen) atoms. The van der Waals surface area contributed by atoms with Crippen LogP contribution in [0.15, 0.2) is 42.6 Å². The number of rotatable bonds is 2. The molecule has 1 aliphatic heterocycles. The summed E-state index contributed by atoms with van der Waals surface area (Å²) in [5.41, 5.74) is 8.28. The van der Waals surface area contributed by atoms with Crippen molar-refractivity contribution in [2.45, 2.75) is 45.8 Å². The van der Waals surface area contributed by atoms with E-state index in [1.165, 1.54) is 0 Å². The van der Waals surface area contributed by atoms with E-state index in [4.69, 9.17) is 5.73 Å². The Morgan fingerprint density at radius 1 is 1.14 bits per heavy atom. The molecule has 3 rings (SSSR count). The topological polar surface area (TPSA) is 88.1 Å². The number of pyridine rings is 1. The zero-order valence-corrected chi connectivity index (χ0v) is 17.4. The lowest BCUT2D eigenvalue weighted by Crippen LogP contribution is -2.50. The van der Waals surface area contributed by atoms with Gasteiger partial charge in [0.25, 0.3) is 0 Å². The summed E-state index contributed by atoms with van der Waals surface area (Å²) in [6.07, 6.45) is 5.22. The van der Waals surface area contributed by atoms with E-state index in [2.05, 4.69) is 16.8 Å². The van der Waals surface area contributed by atoms with Crippen LogP contribution < -0.4 is 5.73 Å². The summed E-state index contributed by atoms with van der Waals surface area (Å²) in [7, 11) is 0. The van der Waals surface area contributed by atoms with Crippen LogP contribution in [0.4, 0.5) is 5.69 Å². The number of hydroxylamine groups is 3. The van der Waals surface area contributed by atoms with Crippen LogP contribution in [-0.2, 0) is 5.21 Å². The number of anilines is 1. The summed E-state index contributed by atoms with van der Waals surface area (Å²) in [6.45, 7) is 8.64. The Hall–Kier alpha value is -3.14. The summed E-state index contributed by atoms with van der Waals surface area (Å²) in [5.74, 6) is 6.11. The van der Waals surface area contributed by atoms with Gasteiger partial charge in [-0.05, 0) is 50.6 Å². The summed E-state index contributed by atoms with van der Waals surface area (Å²) in [4.78, 5) is 4.21. The smallest absolute Gasteiger partial charge is 0.248 e. The third-order valence-electron chi connectivity index (χ3n) is 5.11. The predicted molar refractivity (Wildman–Crippen MR) is 114 cm³/mol. The minimum Gasteiger partial charge on any atom is -0.622 e. The zero-order valence-electron chi connectivity index (χ0n) is 17.4. The maximum absolute atomic E-state index is 12.6. The number of nitrogen functional groups attached to an aromatic ring is 1. The fourth-order valence-corrected chi connectivity index (χ4v) is 3.36. The van der Waals surface area contributed by atoms with Gasteiger partial charge in [0.15, 0.2) is 0 Å². The summed E-state index contributed by atoms with van der Waals surface area (Å²) in [5, 5.41) is 25.8. The number of benzene rings is 1. The highest BCUT2D eigenvalue weighted by Gasteiger charge is 2.56. The Morgan fingerprint density at radius 2 is 1.79 bits per heavy atom. The van der Waals surface area contributed by atoms with Gasteiger partial charge in [0, 0.05) is 37.4 Å². The van der Waals surface area contributed by atoms with Crippen LogP contribution in [0.3, 0.4) is 0 Å². The molecule has 0 atom stereocenters. The number of nitrogens with two attached hydrogens (primary N) is 1. The molecule has 0 amide bonds. The third-order valence-corrected chi connectivity index (χ3v) is 5.11. The Balaban J connectivity index is 1.80. The van der Waals surface area contributed by atoms with Crippen molar-refractivity contribution < 1.29 is 9.95 Å². The molecule has 0 spiro atoms. The van der Waals surface area contributed by atoms with Gasteiger partial charge in [0.1, 0.15) is 5.54 Å². The van der Waals surface area contributed by atoms with Gasteiger partial charge in [-0.1, -0.05) is 29.0 Å². The summed E-state index contributed by atoms with van der Waals surface area (Å²) in [6, 6.07) is 9.41. The Kier molecular flexibility index (Phi) is 5.22. The van der Waals surface area contributed by atoms with Crippen molar-refractivity contribution >= 4 is 17.5 Å². The van der Waals surface area contributed by atoms with Crippen molar-refractivity contribution in [2.75, 3.05) is 5.73 Å². The van der Waals surface area contributed by atoms with Gasteiger partial charge in [0.05, 0.1) is 11.3 Å². The Labute approximate surface area is 171 Å². The first-order valence-electron chi connectivity index (χ1n) is 9.38. The minimum atomic E-state index is -1.13. The lowest BCUT2D eigenvalue weighted by atomic mass is 9.97. The number of hydrogen-bond acceptors (Lipinski definition) is 4. The number of nitrogens with zero attached hydrogens (tertiary/aromatic N) is 3. The molecule has 6 heteroatoms. The second-order valence-corrected chi connectivity index (χ2v) is 8.15. The van der Waals surface area contributed by atoms with Crippen LogP contribution in [0.2, 0.25) is 0 Å². The van der Waals surface area contributed by atoms with Crippen LogP contribution >= 0.6 is 0 Å². The maximum Gasteiger partial charge on any atom is 0.248 e. The van der Waals surface area contributed by atoms with Gasteiger partial charge in [-0.25, -0.2) is 0 Å². The molecule has 0 bridgehead atoms. The molecular weight excluding hydrogens is 364 g/mol. The van der Waals surface area contributed by atoms with Crippen molar-refractivity contribution in [3.05, 3.63) is 70.2 Å². The van der Waals surface area contributed by atoms with Crippen LogP contribution in [0, 0.1) is 24.0 Å². The SMILES string of the molecule is Cc1cc(N)c(C#Cc2ccc(/C=C/C3=[N+]([O-])C(C)(C)N([O])C3(C)C)cc2)cn1. The second-order valence-electron chi connectivity index (χ2n) is 8.15. The second kappa shape index (κ2) is 7.36.